The van der Waals surface area contributed by atoms with E-state index in [-0.39, 0.29) is 0 Å². The number of hydrogen-bond acceptors (Lipinski definition) is 4. The number of nitrogens with zero attached hydrogens (tertiary/aromatic N) is 5. The first-order valence-corrected chi connectivity index (χ1v) is 7.41. The molecule has 2 aromatic heterocycles. The number of aryl methyl sites for hydroxylation is 4. The summed E-state index contributed by atoms with van der Waals surface area (Å²) in [6, 6.07) is 8.52. The zero-order valence-electron chi connectivity index (χ0n) is 12.9. The maximum absolute atomic E-state index is 4.54. The van der Waals surface area contributed by atoms with Crippen LogP contribution in [0, 0.1) is 13.8 Å². The first-order valence-electron chi connectivity index (χ1n) is 7.41. The van der Waals surface area contributed by atoms with E-state index in [1.165, 1.54) is 11.1 Å². The van der Waals surface area contributed by atoms with Crippen molar-refractivity contribution < 1.29 is 0 Å². The molecule has 3 aromatic rings. The highest BCUT2D eigenvalue weighted by Crippen LogP contribution is 2.09. The minimum Gasteiger partial charge on any atom is -0.261 e. The topological polar surface area (TPSA) is 56.5 Å². The SMILES string of the molecule is Cc1ccc(Cn2nc(C)nc2CCc2cnccn2)cc1. The smallest absolute Gasteiger partial charge is 0.147 e. The van der Waals surface area contributed by atoms with Crippen LogP contribution in [-0.2, 0) is 19.4 Å². The molecule has 112 valence electrons. The van der Waals surface area contributed by atoms with Crippen molar-refractivity contribution in [2.24, 2.45) is 0 Å². The molecule has 0 aliphatic heterocycles. The summed E-state index contributed by atoms with van der Waals surface area (Å²) >= 11 is 0. The van der Waals surface area contributed by atoms with E-state index in [2.05, 4.69) is 51.2 Å². The molecule has 1 aromatic carbocycles. The highest BCUT2D eigenvalue weighted by Gasteiger charge is 2.09. The Kier molecular flexibility index (Phi) is 4.23. The van der Waals surface area contributed by atoms with E-state index in [1.54, 1.807) is 18.6 Å². The number of benzene rings is 1. The van der Waals surface area contributed by atoms with Crippen LogP contribution in [0.15, 0.2) is 42.9 Å². The largest absolute Gasteiger partial charge is 0.261 e. The Morgan fingerprint density at radius 2 is 1.82 bits per heavy atom. The summed E-state index contributed by atoms with van der Waals surface area (Å²) in [6.45, 7) is 4.77. The van der Waals surface area contributed by atoms with E-state index < -0.39 is 0 Å². The molecule has 0 bridgehead atoms. The van der Waals surface area contributed by atoms with Gasteiger partial charge in [-0.05, 0) is 25.8 Å². The molecule has 3 rings (SSSR count). The van der Waals surface area contributed by atoms with Crippen molar-refractivity contribution in [2.45, 2.75) is 33.2 Å². The summed E-state index contributed by atoms with van der Waals surface area (Å²) in [5.41, 5.74) is 3.47. The van der Waals surface area contributed by atoms with Gasteiger partial charge in [-0.3, -0.25) is 9.97 Å². The Bertz CT molecular complexity index is 732. The van der Waals surface area contributed by atoms with Crippen LogP contribution in [-0.4, -0.2) is 24.7 Å². The average Bonchev–Trinajstić information content (AvgIpc) is 2.88. The van der Waals surface area contributed by atoms with Gasteiger partial charge in [0.15, 0.2) is 0 Å². The third kappa shape index (κ3) is 3.55. The van der Waals surface area contributed by atoms with Crippen molar-refractivity contribution in [3.05, 3.63) is 71.3 Å². The van der Waals surface area contributed by atoms with Gasteiger partial charge in [0.1, 0.15) is 11.6 Å². The molecule has 0 fully saturated rings. The molecule has 5 heteroatoms. The summed E-state index contributed by atoms with van der Waals surface area (Å²) in [7, 11) is 0. The van der Waals surface area contributed by atoms with E-state index in [9.17, 15) is 0 Å². The Morgan fingerprint density at radius 1 is 1.00 bits per heavy atom. The molecular formula is C17H19N5. The van der Waals surface area contributed by atoms with Crippen LogP contribution in [0.5, 0.6) is 0 Å². The number of rotatable bonds is 5. The standard InChI is InChI=1S/C17H19N5/c1-13-3-5-15(6-4-13)12-22-17(20-14(2)21-22)8-7-16-11-18-9-10-19-16/h3-6,9-11H,7-8,12H2,1-2H3. The van der Waals surface area contributed by atoms with Crippen LogP contribution < -0.4 is 0 Å². The first-order chi connectivity index (χ1) is 10.7. The minimum absolute atomic E-state index is 0.747. The van der Waals surface area contributed by atoms with Crippen LogP contribution in [0.25, 0.3) is 0 Å². The Hall–Kier alpha value is -2.56. The summed E-state index contributed by atoms with van der Waals surface area (Å²) < 4.78 is 1.98. The van der Waals surface area contributed by atoms with Gasteiger partial charge in [-0.25, -0.2) is 9.67 Å². The van der Waals surface area contributed by atoms with Gasteiger partial charge >= 0.3 is 0 Å². The molecule has 0 radical (unpaired) electrons. The lowest BCUT2D eigenvalue weighted by Gasteiger charge is -2.06. The van der Waals surface area contributed by atoms with E-state index in [0.717, 1.165) is 36.7 Å². The molecule has 0 saturated carbocycles. The maximum Gasteiger partial charge on any atom is 0.147 e. The normalized spacial score (nSPS) is 10.8. The van der Waals surface area contributed by atoms with E-state index in [1.807, 2.05) is 11.6 Å². The molecule has 0 aliphatic carbocycles. The van der Waals surface area contributed by atoms with Crippen molar-refractivity contribution in [3.8, 4) is 0 Å². The molecule has 0 unspecified atom stereocenters. The lowest BCUT2D eigenvalue weighted by atomic mass is 10.1. The van der Waals surface area contributed by atoms with Gasteiger partial charge in [0.25, 0.3) is 0 Å². The zero-order chi connectivity index (χ0) is 15.4. The fourth-order valence-electron chi connectivity index (χ4n) is 2.38. The molecule has 0 amide bonds. The van der Waals surface area contributed by atoms with Crippen LogP contribution in [0.3, 0.4) is 0 Å². The van der Waals surface area contributed by atoms with E-state index in [4.69, 9.17) is 0 Å². The summed E-state index contributed by atoms with van der Waals surface area (Å²) in [5.74, 6) is 1.80. The third-order valence-electron chi connectivity index (χ3n) is 3.53. The predicted molar refractivity (Wildman–Crippen MR) is 84.5 cm³/mol. The Morgan fingerprint density at radius 3 is 2.55 bits per heavy atom. The van der Waals surface area contributed by atoms with Crippen molar-refractivity contribution in [1.82, 2.24) is 24.7 Å². The molecule has 0 saturated heterocycles. The van der Waals surface area contributed by atoms with Gasteiger partial charge in [-0.15, -0.1) is 0 Å². The fraction of sp³-hybridized carbons (Fsp3) is 0.294. The van der Waals surface area contributed by atoms with Crippen molar-refractivity contribution in [2.75, 3.05) is 0 Å². The average molecular weight is 293 g/mol. The van der Waals surface area contributed by atoms with Gasteiger partial charge in [0, 0.05) is 25.0 Å². The molecule has 22 heavy (non-hydrogen) atoms. The molecule has 0 spiro atoms. The Balaban J connectivity index is 1.73. The number of hydrogen-bond donors (Lipinski definition) is 0. The van der Waals surface area contributed by atoms with E-state index in [0.29, 0.717) is 0 Å². The molecule has 0 N–H and O–H groups in total. The molecule has 2 heterocycles. The summed E-state index contributed by atoms with van der Waals surface area (Å²) in [5, 5.41) is 4.51. The van der Waals surface area contributed by atoms with Crippen LogP contribution in [0.2, 0.25) is 0 Å². The summed E-state index contributed by atoms with van der Waals surface area (Å²) in [6.07, 6.45) is 6.84. The molecular weight excluding hydrogens is 274 g/mol. The lowest BCUT2D eigenvalue weighted by molar-refractivity contribution is 0.628. The monoisotopic (exact) mass is 293 g/mol. The zero-order valence-corrected chi connectivity index (χ0v) is 12.9. The van der Waals surface area contributed by atoms with Crippen LogP contribution in [0.1, 0.15) is 28.5 Å². The Labute approximate surface area is 130 Å². The number of aromatic nitrogens is 5. The van der Waals surface area contributed by atoms with Crippen molar-refractivity contribution >= 4 is 0 Å². The summed E-state index contributed by atoms with van der Waals surface area (Å²) in [4.78, 5) is 12.9. The van der Waals surface area contributed by atoms with Gasteiger partial charge < -0.3 is 0 Å². The molecule has 0 atom stereocenters. The molecule has 5 nitrogen and oxygen atoms in total. The van der Waals surface area contributed by atoms with Gasteiger partial charge in [-0.1, -0.05) is 29.8 Å². The predicted octanol–water partition coefficient (Wildman–Crippen LogP) is 2.52. The third-order valence-corrected chi connectivity index (χ3v) is 3.53. The highest BCUT2D eigenvalue weighted by atomic mass is 15.3. The van der Waals surface area contributed by atoms with Gasteiger partial charge in [-0.2, -0.15) is 5.10 Å². The second kappa shape index (κ2) is 6.47. The maximum atomic E-state index is 4.54. The molecule has 0 aliphatic rings. The van der Waals surface area contributed by atoms with Crippen molar-refractivity contribution in [3.63, 3.8) is 0 Å². The van der Waals surface area contributed by atoms with Crippen LogP contribution >= 0.6 is 0 Å². The van der Waals surface area contributed by atoms with Gasteiger partial charge in [0.05, 0.1) is 12.2 Å². The highest BCUT2D eigenvalue weighted by molar-refractivity contribution is 5.21. The van der Waals surface area contributed by atoms with Crippen molar-refractivity contribution in [1.29, 1.82) is 0 Å². The second-order valence-electron chi connectivity index (χ2n) is 5.42. The first kappa shape index (κ1) is 14.4. The second-order valence-corrected chi connectivity index (χ2v) is 5.42. The fourth-order valence-corrected chi connectivity index (χ4v) is 2.38. The lowest BCUT2D eigenvalue weighted by Crippen LogP contribution is -2.08. The minimum atomic E-state index is 0.747. The van der Waals surface area contributed by atoms with Gasteiger partial charge in [0.2, 0.25) is 0 Å². The van der Waals surface area contributed by atoms with Crippen LogP contribution in [0.4, 0.5) is 0 Å². The quantitative estimate of drug-likeness (QED) is 0.725. The van der Waals surface area contributed by atoms with E-state index >= 15 is 0 Å².